The molecule has 1 aliphatic rings. The van der Waals surface area contributed by atoms with Gasteiger partial charge in [-0.25, -0.2) is 0 Å². The zero-order chi connectivity index (χ0) is 19.9. The summed E-state index contributed by atoms with van der Waals surface area (Å²) in [7, 11) is 0. The number of hydrogen-bond acceptors (Lipinski definition) is 6. The fourth-order valence-electron chi connectivity index (χ4n) is 3.46. The lowest BCUT2D eigenvalue weighted by Crippen LogP contribution is -2.40. The molecule has 28 heavy (non-hydrogen) atoms. The summed E-state index contributed by atoms with van der Waals surface area (Å²) < 4.78 is 11.9. The molecule has 1 aliphatic heterocycles. The minimum Gasteiger partial charge on any atom is -0.506 e. The Kier molecular flexibility index (Phi) is 3.91. The maximum absolute atomic E-state index is 12.7. The predicted octanol–water partition coefficient (Wildman–Crippen LogP) is 3.85. The van der Waals surface area contributed by atoms with Gasteiger partial charge in [0.25, 0.3) is 0 Å². The van der Waals surface area contributed by atoms with E-state index in [0.717, 1.165) is 0 Å². The second-order valence-corrected chi connectivity index (χ2v) is 6.68. The van der Waals surface area contributed by atoms with E-state index in [1.165, 1.54) is 0 Å². The van der Waals surface area contributed by atoms with Crippen molar-refractivity contribution in [1.29, 1.82) is 10.5 Å². The number of ether oxygens (including phenoxy) is 1. The monoisotopic (exact) mass is 370 g/mol. The highest BCUT2D eigenvalue weighted by molar-refractivity contribution is 5.78. The van der Waals surface area contributed by atoms with Crippen LogP contribution in [0.5, 0.6) is 5.75 Å². The molecular formula is C22H14N2O4. The van der Waals surface area contributed by atoms with E-state index in [9.17, 15) is 20.4 Å². The second kappa shape index (κ2) is 6.29. The molecule has 2 heterocycles. The van der Waals surface area contributed by atoms with E-state index in [-0.39, 0.29) is 29.1 Å². The molecule has 6 heteroatoms. The zero-order valence-electron chi connectivity index (χ0n) is 14.9. The van der Waals surface area contributed by atoms with E-state index in [4.69, 9.17) is 9.15 Å². The minimum atomic E-state index is -1.31. The van der Waals surface area contributed by atoms with Gasteiger partial charge in [0.2, 0.25) is 5.43 Å². The Balaban J connectivity index is 1.90. The van der Waals surface area contributed by atoms with E-state index in [1.807, 2.05) is 12.1 Å². The molecule has 1 unspecified atom stereocenters. The summed E-state index contributed by atoms with van der Waals surface area (Å²) in [5, 5.41) is 30.1. The third-order valence-corrected chi connectivity index (χ3v) is 4.84. The molecule has 1 aromatic heterocycles. The van der Waals surface area contributed by atoms with Gasteiger partial charge in [0.05, 0.1) is 17.4 Å². The van der Waals surface area contributed by atoms with Gasteiger partial charge in [0.1, 0.15) is 46.1 Å². The first kappa shape index (κ1) is 17.4. The third kappa shape index (κ3) is 2.52. The van der Waals surface area contributed by atoms with Crippen LogP contribution >= 0.6 is 0 Å². The van der Waals surface area contributed by atoms with Crippen LogP contribution in [0, 0.1) is 22.7 Å². The largest absolute Gasteiger partial charge is 0.506 e. The summed E-state index contributed by atoms with van der Waals surface area (Å²) >= 11 is 0. The van der Waals surface area contributed by atoms with Crippen molar-refractivity contribution in [1.82, 2.24) is 0 Å². The van der Waals surface area contributed by atoms with Gasteiger partial charge in [-0.15, -0.1) is 0 Å². The SMILES string of the molecule is CC1(Cc2oc3ccccc3c(=O)c2C#N)Oc2ccccc2C(O)=C1C#N. The number of nitrogens with zero attached hydrogens (tertiary/aromatic N) is 2. The van der Waals surface area contributed by atoms with Gasteiger partial charge in [-0.3, -0.25) is 4.79 Å². The standard InChI is InChI=1S/C22H14N2O4/c1-22(16(12-24)21(26)14-7-3-5-9-18(14)28-22)10-19-15(11-23)20(25)13-6-2-4-8-17(13)27-19/h2-9,26H,10H2,1H3. The van der Waals surface area contributed by atoms with Gasteiger partial charge in [0, 0.05) is 0 Å². The number of para-hydroxylation sites is 2. The summed E-state index contributed by atoms with van der Waals surface area (Å²) in [4.78, 5) is 12.7. The summed E-state index contributed by atoms with van der Waals surface area (Å²) in [6, 6.07) is 17.4. The van der Waals surface area contributed by atoms with Gasteiger partial charge < -0.3 is 14.3 Å². The predicted molar refractivity (Wildman–Crippen MR) is 102 cm³/mol. The van der Waals surface area contributed by atoms with Crippen LogP contribution in [0.25, 0.3) is 16.7 Å². The molecule has 0 saturated carbocycles. The fraction of sp³-hybridized carbons (Fsp3) is 0.136. The summed E-state index contributed by atoms with van der Waals surface area (Å²) in [6.45, 7) is 1.62. The number of hydrogen-bond donors (Lipinski definition) is 1. The van der Waals surface area contributed by atoms with Crippen molar-refractivity contribution >= 4 is 16.7 Å². The molecule has 0 spiro atoms. The molecule has 0 radical (unpaired) electrons. The summed E-state index contributed by atoms with van der Waals surface area (Å²) in [5.74, 6) is 0.324. The number of aliphatic hydroxyl groups is 1. The Hall–Kier alpha value is -4.03. The van der Waals surface area contributed by atoms with Crippen LogP contribution in [0.15, 0.2) is 63.3 Å². The maximum Gasteiger partial charge on any atom is 0.210 e. The molecule has 0 aliphatic carbocycles. The number of rotatable bonds is 2. The molecule has 0 amide bonds. The number of benzene rings is 2. The molecule has 4 rings (SSSR count). The average Bonchev–Trinajstić information content (AvgIpc) is 2.68. The quantitative estimate of drug-likeness (QED) is 0.734. The lowest BCUT2D eigenvalue weighted by molar-refractivity contribution is 0.118. The van der Waals surface area contributed by atoms with Crippen molar-refractivity contribution in [2.45, 2.75) is 18.9 Å². The van der Waals surface area contributed by atoms with E-state index in [0.29, 0.717) is 22.3 Å². The normalized spacial score (nSPS) is 18.1. The summed E-state index contributed by atoms with van der Waals surface area (Å²) in [5.41, 5.74) is -1.13. The molecule has 6 nitrogen and oxygen atoms in total. The van der Waals surface area contributed by atoms with Crippen LogP contribution in [0.4, 0.5) is 0 Å². The number of aliphatic hydroxyl groups excluding tert-OH is 1. The van der Waals surface area contributed by atoms with Crippen molar-refractivity contribution in [2.75, 3.05) is 0 Å². The highest BCUT2D eigenvalue weighted by Crippen LogP contribution is 2.41. The topological polar surface area (TPSA) is 107 Å². The Morgan fingerprint density at radius 2 is 1.79 bits per heavy atom. The Morgan fingerprint density at radius 1 is 1.07 bits per heavy atom. The number of nitriles is 2. The first-order valence-electron chi connectivity index (χ1n) is 8.55. The van der Waals surface area contributed by atoms with Crippen LogP contribution in [-0.4, -0.2) is 10.7 Å². The fourth-order valence-corrected chi connectivity index (χ4v) is 3.46. The molecule has 2 aromatic carbocycles. The average molecular weight is 370 g/mol. The van der Waals surface area contributed by atoms with Crippen molar-refractivity contribution in [3.05, 3.63) is 81.2 Å². The van der Waals surface area contributed by atoms with E-state index in [1.54, 1.807) is 55.5 Å². The van der Waals surface area contributed by atoms with Gasteiger partial charge in [-0.1, -0.05) is 24.3 Å². The summed E-state index contributed by atoms with van der Waals surface area (Å²) in [6.07, 6.45) is -0.0722. The highest BCUT2D eigenvalue weighted by Gasteiger charge is 2.41. The Bertz CT molecular complexity index is 1290. The van der Waals surface area contributed by atoms with Crippen LogP contribution in [0.3, 0.4) is 0 Å². The second-order valence-electron chi connectivity index (χ2n) is 6.68. The van der Waals surface area contributed by atoms with E-state index >= 15 is 0 Å². The smallest absolute Gasteiger partial charge is 0.210 e. The Labute approximate surface area is 160 Å². The van der Waals surface area contributed by atoms with Gasteiger partial charge in [-0.2, -0.15) is 10.5 Å². The molecule has 0 bridgehead atoms. The van der Waals surface area contributed by atoms with Crippen LogP contribution in [-0.2, 0) is 6.42 Å². The highest BCUT2D eigenvalue weighted by atomic mass is 16.5. The molecule has 136 valence electrons. The lowest BCUT2D eigenvalue weighted by atomic mass is 9.85. The molecule has 1 N–H and O–H groups in total. The first-order chi connectivity index (χ1) is 13.5. The Morgan fingerprint density at radius 3 is 2.54 bits per heavy atom. The zero-order valence-corrected chi connectivity index (χ0v) is 14.9. The van der Waals surface area contributed by atoms with E-state index < -0.39 is 11.0 Å². The minimum absolute atomic E-state index is 0.00546. The molecule has 0 fully saturated rings. The molecule has 1 atom stereocenters. The van der Waals surface area contributed by atoms with Crippen molar-refractivity contribution in [2.24, 2.45) is 0 Å². The molecular weight excluding hydrogens is 356 g/mol. The van der Waals surface area contributed by atoms with Crippen molar-refractivity contribution in [3.63, 3.8) is 0 Å². The molecule has 3 aromatic rings. The van der Waals surface area contributed by atoms with Crippen LogP contribution < -0.4 is 10.2 Å². The number of fused-ring (bicyclic) bond motifs is 2. The van der Waals surface area contributed by atoms with Crippen molar-refractivity contribution in [3.8, 4) is 17.9 Å². The first-order valence-corrected chi connectivity index (χ1v) is 8.55. The lowest BCUT2D eigenvalue weighted by Gasteiger charge is -2.34. The van der Waals surface area contributed by atoms with E-state index in [2.05, 4.69) is 0 Å². The molecule has 0 saturated heterocycles. The van der Waals surface area contributed by atoms with Gasteiger partial charge in [0.15, 0.2) is 5.60 Å². The van der Waals surface area contributed by atoms with Gasteiger partial charge >= 0.3 is 0 Å². The van der Waals surface area contributed by atoms with Crippen LogP contribution in [0.1, 0.15) is 23.8 Å². The third-order valence-electron chi connectivity index (χ3n) is 4.84. The van der Waals surface area contributed by atoms with Crippen LogP contribution in [0.2, 0.25) is 0 Å². The van der Waals surface area contributed by atoms with Gasteiger partial charge in [-0.05, 0) is 31.2 Å². The van der Waals surface area contributed by atoms with Crippen molar-refractivity contribution < 1.29 is 14.3 Å². The maximum atomic E-state index is 12.7.